The molecule has 0 bridgehead atoms. The third-order valence-corrected chi connectivity index (χ3v) is 8.34. The molecule has 0 N–H and O–H groups in total. The normalized spacial score (nSPS) is 11.9. The molecule has 41 heavy (non-hydrogen) atoms. The van der Waals surface area contributed by atoms with Crippen LogP contribution in [0.15, 0.2) is 138 Å². The van der Waals surface area contributed by atoms with E-state index in [0.29, 0.717) is 0 Å². The molecule has 2 aromatic heterocycles. The third kappa shape index (κ3) is 3.26. The maximum atomic E-state index is 6.47. The van der Waals surface area contributed by atoms with E-state index in [9.17, 15) is 0 Å². The van der Waals surface area contributed by atoms with Gasteiger partial charge in [-0.25, -0.2) is 0 Å². The Hall–Kier alpha value is -5.54. The number of benzene rings is 7. The number of rotatable bonds is 2. The highest BCUT2D eigenvalue weighted by atomic mass is 16.3. The zero-order valence-electron chi connectivity index (χ0n) is 22.0. The first-order chi connectivity index (χ1) is 20.3. The molecule has 7 aromatic carbocycles. The Labute approximate surface area is 235 Å². The number of aromatic nitrogens is 2. The second kappa shape index (κ2) is 8.48. The SMILES string of the molecule is c1ccc2c(c1)cc(-c1ccc(-c3ccc4c(c3)c3ccccc3c3nccnc43)cc1)c1oc3ccccc3c12. The van der Waals surface area contributed by atoms with Gasteiger partial charge in [-0.05, 0) is 56.4 Å². The largest absolute Gasteiger partial charge is 0.455 e. The molecule has 0 atom stereocenters. The molecule has 9 aromatic rings. The lowest BCUT2D eigenvalue weighted by atomic mass is 9.93. The average molecular weight is 523 g/mol. The third-order valence-electron chi connectivity index (χ3n) is 8.34. The van der Waals surface area contributed by atoms with Gasteiger partial charge in [0.1, 0.15) is 11.2 Å². The summed E-state index contributed by atoms with van der Waals surface area (Å²) in [5.41, 5.74) is 8.31. The van der Waals surface area contributed by atoms with Crippen molar-refractivity contribution >= 4 is 65.3 Å². The number of hydrogen-bond acceptors (Lipinski definition) is 3. The Kier molecular flexibility index (Phi) is 4.61. The lowest BCUT2D eigenvalue weighted by molar-refractivity contribution is 0.670. The summed E-state index contributed by atoms with van der Waals surface area (Å²) in [6.45, 7) is 0. The molecule has 0 saturated heterocycles. The fraction of sp³-hybridized carbons (Fsp3) is 0. The Balaban J connectivity index is 1.22. The number of para-hydroxylation sites is 1. The minimum Gasteiger partial charge on any atom is -0.455 e. The van der Waals surface area contributed by atoms with E-state index in [4.69, 9.17) is 9.40 Å². The molecule has 190 valence electrons. The quantitative estimate of drug-likeness (QED) is 0.212. The number of nitrogens with zero attached hydrogens (tertiary/aromatic N) is 2. The monoisotopic (exact) mass is 522 g/mol. The van der Waals surface area contributed by atoms with Crippen LogP contribution in [0.4, 0.5) is 0 Å². The molecule has 9 rings (SSSR count). The summed E-state index contributed by atoms with van der Waals surface area (Å²) in [6, 6.07) is 43.1. The van der Waals surface area contributed by atoms with E-state index in [1.54, 1.807) is 12.4 Å². The molecule has 0 spiro atoms. The van der Waals surface area contributed by atoms with Gasteiger partial charge in [0.05, 0.1) is 11.0 Å². The van der Waals surface area contributed by atoms with Gasteiger partial charge in [0.25, 0.3) is 0 Å². The molecular weight excluding hydrogens is 500 g/mol. The van der Waals surface area contributed by atoms with Gasteiger partial charge in [0.15, 0.2) is 0 Å². The van der Waals surface area contributed by atoms with E-state index in [2.05, 4.69) is 120 Å². The second-order valence-electron chi connectivity index (χ2n) is 10.6. The molecule has 0 aliphatic carbocycles. The Morgan fingerprint density at radius 3 is 1.85 bits per heavy atom. The maximum Gasteiger partial charge on any atom is 0.143 e. The van der Waals surface area contributed by atoms with Crippen molar-refractivity contribution in [1.82, 2.24) is 9.97 Å². The first-order valence-electron chi connectivity index (χ1n) is 13.8. The molecule has 0 unspecified atom stereocenters. The van der Waals surface area contributed by atoms with Gasteiger partial charge in [0.2, 0.25) is 0 Å². The molecule has 0 amide bonds. The molecule has 3 nitrogen and oxygen atoms in total. The highest BCUT2D eigenvalue weighted by Gasteiger charge is 2.16. The van der Waals surface area contributed by atoms with Gasteiger partial charge in [-0.1, -0.05) is 103 Å². The van der Waals surface area contributed by atoms with Crippen LogP contribution >= 0.6 is 0 Å². The molecule has 0 radical (unpaired) electrons. The fourth-order valence-corrected chi connectivity index (χ4v) is 6.44. The van der Waals surface area contributed by atoms with Crippen LogP contribution in [0.3, 0.4) is 0 Å². The molecule has 0 fully saturated rings. The highest BCUT2D eigenvalue weighted by Crippen LogP contribution is 2.41. The van der Waals surface area contributed by atoms with Crippen LogP contribution < -0.4 is 0 Å². The molecule has 2 heterocycles. The summed E-state index contributed by atoms with van der Waals surface area (Å²) in [7, 11) is 0. The first-order valence-corrected chi connectivity index (χ1v) is 13.8. The lowest BCUT2D eigenvalue weighted by Gasteiger charge is -2.11. The molecule has 0 aliphatic rings. The topological polar surface area (TPSA) is 38.9 Å². The molecule has 0 saturated carbocycles. The number of furan rings is 1. The van der Waals surface area contributed by atoms with Crippen molar-refractivity contribution in [1.29, 1.82) is 0 Å². The van der Waals surface area contributed by atoms with Crippen LogP contribution in [-0.2, 0) is 0 Å². The molecule has 0 aliphatic heterocycles. The van der Waals surface area contributed by atoms with E-state index in [0.717, 1.165) is 49.5 Å². The average Bonchev–Trinajstić information content (AvgIpc) is 3.44. The Morgan fingerprint density at radius 2 is 1.05 bits per heavy atom. The van der Waals surface area contributed by atoms with Gasteiger partial charge in [-0.15, -0.1) is 0 Å². The number of fused-ring (bicyclic) bond motifs is 11. The Bertz CT molecular complexity index is 2440. The lowest BCUT2D eigenvalue weighted by Crippen LogP contribution is -1.89. The predicted molar refractivity (Wildman–Crippen MR) is 170 cm³/mol. The van der Waals surface area contributed by atoms with Crippen molar-refractivity contribution in [3.05, 3.63) is 134 Å². The van der Waals surface area contributed by atoms with E-state index < -0.39 is 0 Å². The Morgan fingerprint density at radius 1 is 0.439 bits per heavy atom. The van der Waals surface area contributed by atoms with Crippen LogP contribution in [0.25, 0.3) is 87.5 Å². The summed E-state index contributed by atoms with van der Waals surface area (Å²) in [6.07, 6.45) is 3.54. The van der Waals surface area contributed by atoms with Crippen molar-refractivity contribution in [2.24, 2.45) is 0 Å². The zero-order valence-corrected chi connectivity index (χ0v) is 22.0. The highest BCUT2D eigenvalue weighted by molar-refractivity contribution is 6.24. The van der Waals surface area contributed by atoms with Crippen LogP contribution in [0.1, 0.15) is 0 Å². The van der Waals surface area contributed by atoms with Crippen molar-refractivity contribution in [2.75, 3.05) is 0 Å². The first kappa shape index (κ1) is 22.3. The summed E-state index contributed by atoms with van der Waals surface area (Å²) < 4.78 is 6.47. The van der Waals surface area contributed by atoms with Crippen LogP contribution in [0, 0.1) is 0 Å². The van der Waals surface area contributed by atoms with Crippen LogP contribution in [0.2, 0.25) is 0 Å². The minimum atomic E-state index is 0.914. The molecule has 3 heteroatoms. The van der Waals surface area contributed by atoms with Crippen LogP contribution in [0.5, 0.6) is 0 Å². The maximum absolute atomic E-state index is 6.47. The van der Waals surface area contributed by atoms with Crippen molar-refractivity contribution < 1.29 is 4.42 Å². The van der Waals surface area contributed by atoms with Crippen molar-refractivity contribution in [3.63, 3.8) is 0 Å². The van der Waals surface area contributed by atoms with Gasteiger partial charge >= 0.3 is 0 Å². The summed E-state index contributed by atoms with van der Waals surface area (Å²) in [4.78, 5) is 9.36. The van der Waals surface area contributed by atoms with Gasteiger partial charge < -0.3 is 4.42 Å². The van der Waals surface area contributed by atoms with Gasteiger partial charge in [-0.2, -0.15) is 0 Å². The van der Waals surface area contributed by atoms with E-state index >= 15 is 0 Å². The summed E-state index contributed by atoms with van der Waals surface area (Å²) >= 11 is 0. The zero-order chi connectivity index (χ0) is 26.9. The standard InChI is InChI=1S/C38H22N2O/c1-2-8-27-26(7-1)22-32(38-35(27)31-11-5-6-12-34(31)41-38)24-15-13-23(14-16-24)25-17-18-30-33(21-25)28-9-3-4-10-29(28)36-37(30)40-20-19-39-36/h1-22H. The van der Waals surface area contributed by atoms with Crippen molar-refractivity contribution in [2.45, 2.75) is 0 Å². The van der Waals surface area contributed by atoms with Gasteiger partial charge in [0, 0.05) is 39.5 Å². The number of hydrogen-bond donors (Lipinski definition) is 0. The van der Waals surface area contributed by atoms with E-state index in [-0.39, 0.29) is 0 Å². The second-order valence-corrected chi connectivity index (χ2v) is 10.6. The predicted octanol–water partition coefficient (Wildman–Crippen LogP) is 10.3. The summed E-state index contributed by atoms with van der Waals surface area (Å²) in [5, 5.41) is 9.38. The fourth-order valence-electron chi connectivity index (χ4n) is 6.44. The van der Waals surface area contributed by atoms with Crippen LogP contribution in [-0.4, -0.2) is 9.97 Å². The summed E-state index contributed by atoms with van der Waals surface area (Å²) in [5.74, 6) is 0. The minimum absolute atomic E-state index is 0.914. The van der Waals surface area contributed by atoms with E-state index in [1.807, 2.05) is 6.07 Å². The smallest absolute Gasteiger partial charge is 0.143 e. The molecular formula is C38H22N2O. The van der Waals surface area contributed by atoms with Crippen molar-refractivity contribution in [3.8, 4) is 22.3 Å². The van der Waals surface area contributed by atoms with E-state index in [1.165, 1.54) is 38.1 Å². The van der Waals surface area contributed by atoms with Gasteiger partial charge in [-0.3, -0.25) is 9.97 Å².